The van der Waals surface area contributed by atoms with Gasteiger partial charge in [0.2, 0.25) is 5.91 Å². The number of carbonyl (C=O) groups is 2. The molecule has 2 aliphatic heterocycles. The Kier molecular flexibility index (Phi) is 4.09. The highest BCUT2D eigenvalue weighted by atomic mass is 16.2. The molecule has 0 saturated carbocycles. The van der Waals surface area contributed by atoms with Crippen LogP contribution in [0.1, 0.15) is 28.8 Å². The molecule has 6 heteroatoms. The summed E-state index contributed by atoms with van der Waals surface area (Å²) in [6.07, 6.45) is 3.95. The number of para-hydroxylation sites is 1. The molecule has 4 rings (SSSR count). The first kappa shape index (κ1) is 15.6. The molecule has 1 aromatic heterocycles. The monoisotopic (exact) mass is 336 g/mol. The quantitative estimate of drug-likeness (QED) is 0.914. The van der Waals surface area contributed by atoms with Gasteiger partial charge in [0.15, 0.2) is 0 Å². The number of hydrogen-bond acceptors (Lipinski definition) is 4. The Morgan fingerprint density at radius 1 is 1.04 bits per heavy atom. The Morgan fingerprint density at radius 2 is 1.84 bits per heavy atom. The summed E-state index contributed by atoms with van der Waals surface area (Å²) in [4.78, 5) is 33.6. The standard InChI is InChI=1S/C19H20N4O2/c24-17-13-23(12-14-6-1-2-8-16(14)21-17)19(25)15-7-5-9-20-18(15)22-10-3-4-11-22/h1-2,5-9H,3-4,10-13H2,(H,21,24). The third-order valence-corrected chi connectivity index (χ3v) is 4.70. The lowest BCUT2D eigenvalue weighted by Crippen LogP contribution is -2.36. The molecule has 0 bridgehead atoms. The van der Waals surface area contributed by atoms with Gasteiger partial charge in [-0.1, -0.05) is 18.2 Å². The van der Waals surface area contributed by atoms with Crippen LogP contribution in [0.4, 0.5) is 11.5 Å². The summed E-state index contributed by atoms with van der Waals surface area (Å²) in [5, 5.41) is 2.87. The van der Waals surface area contributed by atoms with Crippen LogP contribution in [-0.2, 0) is 11.3 Å². The Bertz CT molecular complexity index is 815. The number of rotatable bonds is 2. The highest BCUT2D eigenvalue weighted by Crippen LogP contribution is 2.26. The SMILES string of the molecule is O=C1CN(C(=O)c2cccnc2N2CCCC2)Cc2ccccc2N1. The molecule has 128 valence electrons. The molecule has 2 aromatic rings. The number of hydrogen-bond donors (Lipinski definition) is 1. The van der Waals surface area contributed by atoms with Crippen molar-refractivity contribution in [3.63, 3.8) is 0 Å². The topological polar surface area (TPSA) is 65.5 Å². The van der Waals surface area contributed by atoms with Gasteiger partial charge in [-0.2, -0.15) is 0 Å². The van der Waals surface area contributed by atoms with Crippen molar-refractivity contribution in [2.24, 2.45) is 0 Å². The van der Waals surface area contributed by atoms with E-state index in [1.807, 2.05) is 24.3 Å². The Hall–Kier alpha value is -2.89. The highest BCUT2D eigenvalue weighted by molar-refractivity contribution is 6.03. The van der Waals surface area contributed by atoms with E-state index in [2.05, 4.69) is 15.2 Å². The first-order valence-electron chi connectivity index (χ1n) is 8.59. The number of pyridine rings is 1. The molecule has 0 spiro atoms. The summed E-state index contributed by atoms with van der Waals surface area (Å²) in [5.41, 5.74) is 2.28. The molecule has 1 N–H and O–H groups in total. The first-order chi connectivity index (χ1) is 12.2. The van der Waals surface area contributed by atoms with Crippen molar-refractivity contribution >= 4 is 23.3 Å². The highest BCUT2D eigenvalue weighted by Gasteiger charge is 2.27. The molecule has 0 unspecified atom stereocenters. The molecule has 0 aliphatic carbocycles. The van der Waals surface area contributed by atoms with E-state index >= 15 is 0 Å². The minimum atomic E-state index is -0.176. The first-order valence-corrected chi connectivity index (χ1v) is 8.59. The third-order valence-electron chi connectivity index (χ3n) is 4.70. The van der Waals surface area contributed by atoms with E-state index in [1.165, 1.54) is 0 Å². The van der Waals surface area contributed by atoms with E-state index < -0.39 is 0 Å². The maximum Gasteiger partial charge on any atom is 0.258 e. The summed E-state index contributed by atoms with van der Waals surface area (Å²) < 4.78 is 0. The fourth-order valence-corrected chi connectivity index (χ4v) is 3.46. The van der Waals surface area contributed by atoms with Crippen molar-refractivity contribution in [3.05, 3.63) is 53.7 Å². The summed E-state index contributed by atoms with van der Waals surface area (Å²) in [6.45, 7) is 2.28. The zero-order valence-electron chi connectivity index (χ0n) is 13.9. The van der Waals surface area contributed by atoms with Crippen molar-refractivity contribution in [1.29, 1.82) is 0 Å². The zero-order chi connectivity index (χ0) is 17.2. The van der Waals surface area contributed by atoms with E-state index in [0.29, 0.717) is 12.1 Å². The summed E-state index contributed by atoms with van der Waals surface area (Å²) in [6, 6.07) is 11.2. The number of benzene rings is 1. The van der Waals surface area contributed by atoms with Gasteiger partial charge in [0.1, 0.15) is 12.4 Å². The molecule has 2 amide bonds. The molecule has 0 radical (unpaired) electrons. The Morgan fingerprint density at radius 3 is 2.68 bits per heavy atom. The number of nitrogens with one attached hydrogen (secondary N) is 1. The van der Waals surface area contributed by atoms with Gasteiger partial charge < -0.3 is 15.1 Å². The van der Waals surface area contributed by atoms with E-state index in [-0.39, 0.29) is 18.4 Å². The number of fused-ring (bicyclic) bond motifs is 1. The maximum atomic E-state index is 13.2. The van der Waals surface area contributed by atoms with Crippen LogP contribution in [0.5, 0.6) is 0 Å². The fraction of sp³-hybridized carbons (Fsp3) is 0.316. The number of aromatic nitrogens is 1. The van der Waals surface area contributed by atoms with Crippen LogP contribution in [0.25, 0.3) is 0 Å². The normalized spacial score (nSPS) is 17.0. The van der Waals surface area contributed by atoms with Gasteiger partial charge in [0.25, 0.3) is 5.91 Å². The summed E-state index contributed by atoms with van der Waals surface area (Å²) >= 11 is 0. The van der Waals surface area contributed by atoms with Gasteiger partial charge >= 0.3 is 0 Å². The van der Waals surface area contributed by atoms with Crippen molar-refractivity contribution in [2.75, 3.05) is 29.9 Å². The number of nitrogens with zero attached hydrogens (tertiary/aromatic N) is 3. The predicted octanol–water partition coefficient (Wildman–Crippen LogP) is 2.28. The summed E-state index contributed by atoms with van der Waals surface area (Å²) in [5.74, 6) is 0.398. The second-order valence-electron chi connectivity index (χ2n) is 6.44. The largest absolute Gasteiger partial charge is 0.356 e. The minimum absolute atomic E-state index is 0.0435. The number of carbonyl (C=O) groups excluding carboxylic acids is 2. The molecular weight excluding hydrogens is 316 g/mol. The van der Waals surface area contributed by atoms with Crippen molar-refractivity contribution < 1.29 is 9.59 Å². The van der Waals surface area contributed by atoms with Gasteiger partial charge in [-0.15, -0.1) is 0 Å². The van der Waals surface area contributed by atoms with E-state index in [0.717, 1.165) is 43.0 Å². The Labute approximate surface area is 146 Å². The second kappa shape index (κ2) is 6.55. The average Bonchev–Trinajstić information content (AvgIpc) is 3.10. The second-order valence-corrected chi connectivity index (χ2v) is 6.44. The van der Waals surface area contributed by atoms with Gasteiger partial charge in [-0.3, -0.25) is 9.59 Å². The molecule has 1 saturated heterocycles. The van der Waals surface area contributed by atoms with E-state index in [9.17, 15) is 9.59 Å². The third kappa shape index (κ3) is 3.07. The zero-order valence-corrected chi connectivity index (χ0v) is 13.9. The molecule has 0 atom stereocenters. The smallest absolute Gasteiger partial charge is 0.258 e. The number of anilines is 2. The predicted molar refractivity (Wildman–Crippen MR) is 95.5 cm³/mol. The van der Waals surface area contributed by atoms with Crippen LogP contribution >= 0.6 is 0 Å². The van der Waals surface area contributed by atoms with Crippen LogP contribution in [-0.4, -0.2) is 41.3 Å². The van der Waals surface area contributed by atoms with E-state index in [4.69, 9.17) is 0 Å². The van der Waals surface area contributed by atoms with Crippen LogP contribution in [0.3, 0.4) is 0 Å². The fourth-order valence-electron chi connectivity index (χ4n) is 3.46. The lowest BCUT2D eigenvalue weighted by molar-refractivity contribution is -0.116. The summed E-state index contributed by atoms with van der Waals surface area (Å²) in [7, 11) is 0. The Balaban J connectivity index is 1.66. The van der Waals surface area contributed by atoms with Crippen LogP contribution in [0.2, 0.25) is 0 Å². The lowest BCUT2D eigenvalue weighted by Gasteiger charge is -2.24. The molecule has 2 aliphatic rings. The molecule has 25 heavy (non-hydrogen) atoms. The molecule has 1 aromatic carbocycles. The van der Waals surface area contributed by atoms with E-state index in [1.54, 1.807) is 23.2 Å². The van der Waals surface area contributed by atoms with Crippen LogP contribution in [0, 0.1) is 0 Å². The van der Waals surface area contributed by atoms with Gasteiger partial charge in [0.05, 0.1) is 5.56 Å². The van der Waals surface area contributed by atoms with Crippen LogP contribution < -0.4 is 10.2 Å². The van der Waals surface area contributed by atoms with Gasteiger partial charge in [-0.25, -0.2) is 4.98 Å². The molecular formula is C19H20N4O2. The van der Waals surface area contributed by atoms with Crippen molar-refractivity contribution in [3.8, 4) is 0 Å². The van der Waals surface area contributed by atoms with Gasteiger partial charge in [0, 0.05) is 31.5 Å². The van der Waals surface area contributed by atoms with Gasteiger partial charge in [-0.05, 0) is 36.6 Å². The molecule has 6 nitrogen and oxygen atoms in total. The average molecular weight is 336 g/mol. The molecule has 1 fully saturated rings. The number of amides is 2. The van der Waals surface area contributed by atoms with Crippen LogP contribution in [0.15, 0.2) is 42.6 Å². The minimum Gasteiger partial charge on any atom is -0.356 e. The molecule has 3 heterocycles. The van der Waals surface area contributed by atoms with Crippen molar-refractivity contribution in [1.82, 2.24) is 9.88 Å². The maximum absolute atomic E-state index is 13.2. The lowest BCUT2D eigenvalue weighted by atomic mass is 10.1. The van der Waals surface area contributed by atoms with Crippen molar-refractivity contribution in [2.45, 2.75) is 19.4 Å².